The summed E-state index contributed by atoms with van der Waals surface area (Å²) in [7, 11) is 0. The van der Waals surface area contributed by atoms with Gasteiger partial charge < -0.3 is 19.3 Å². The second-order valence-corrected chi connectivity index (χ2v) is 6.74. The van der Waals surface area contributed by atoms with E-state index in [-0.39, 0.29) is 19.0 Å². The molecule has 0 aliphatic heterocycles. The third-order valence-corrected chi connectivity index (χ3v) is 3.22. The molecule has 0 aliphatic rings. The van der Waals surface area contributed by atoms with Crippen LogP contribution >= 0.6 is 0 Å². The Morgan fingerprint density at radius 3 is 2.62 bits per heavy atom. The van der Waals surface area contributed by atoms with Crippen molar-refractivity contribution in [3.05, 3.63) is 42.1 Å². The van der Waals surface area contributed by atoms with Crippen LogP contribution in [-0.4, -0.2) is 29.4 Å². The largest absolute Gasteiger partial charge is 0.459 e. The lowest BCUT2D eigenvalue weighted by Gasteiger charge is -2.19. The zero-order chi connectivity index (χ0) is 19.0. The second kappa shape index (κ2) is 9.03. The lowest BCUT2D eigenvalue weighted by atomic mass is 10.2. The van der Waals surface area contributed by atoms with Crippen LogP contribution in [0.4, 0.5) is 4.79 Å². The highest BCUT2D eigenvalue weighted by Gasteiger charge is 2.15. The molecule has 0 aliphatic carbocycles. The number of amides is 1. The molecule has 0 fully saturated rings. The molecule has 1 amide bonds. The first kappa shape index (κ1) is 19.5. The molecule has 7 nitrogen and oxygen atoms in total. The van der Waals surface area contributed by atoms with Gasteiger partial charge in [0.25, 0.3) is 0 Å². The van der Waals surface area contributed by atoms with Crippen molar-refractivity contribution in [1.82, 2.24) is 10.5 Å². The minimum atomic E-state index is -0.542. The number of carbonyl (C=O) groups is 2. The van der Waals surface area contributed by atoms with Gasteiger partial charge in [0, 0.05) is 24.6 Å². The summed E-state index contributed by atoms with van der Waals surface area (Å²) in [5.74, 6) is 0.262. The number of nitrogens with one attached hydrogen (secondary N) is 1. The summed E-state index contributed by atoms with van der Waals surface area (Å²) in [5, 5.41) is 6.49. The molecule has 0 saturated carbocycles. The summed E-state index contributed by atoms with van der Waals surface area (Å²) in [6.45, 7) is 5.76. The van der Waals surface area contributed by atoms with Crippen LogP contribution in [0.5, 0.6) is 0 Å². The summed E-state index contributed by atoms with van der Waals surface area (Å²) in [6, 6.07) is 11.3. The zero-order valence-electron chi connectivity index (χ0n) is 15.3. The van der Waals surface area contributed by atoms with Gasteiger partial charge in [-0.2, -0.15) is 0 Å². The number of hydrogen-bond donors (Lipinski definition) is 1. The van der Waals surface area contributed by atoms with Gasteiger partial charge in [0.15, 0.2) is 5.76 Å². The zero-order valence-corrected chi connectivity index (χ0v) is 15.3. The van der Waals surface area contributed by atoms with Crippen LogP contribution in [0.25, 0.3) is 11.3 Å². The lowest BCUT2D eigenvalue weighted by Crippen LogP contribution is -2.33. The molecule has 2 aromatic rings. The van der Waals surface area contributed by atoms with Crippen molar-refractivity contribution in [3.63, 3.8) is 0 Å². The van der Waals surface area contributed by atoms with E-state index in [1.807, 2.05) is 30.3 Å². The average Bonchev–Trinajstić information content (AvgIpc) is 3.05. The van der Waals surface area contributed by atoms with E-state index in [2.05, 4.69) is 10.5 Å². The number of benzene rings is 1. The van der Waals surface area contributed by atoms with Crippen LogP contribution in [0.1, 0.15) is 39.3 Å². The fourth-order valence-electron chi connectivity index (χ4n) is 2.08. The summed E-state index contributed by atoms with van der Waals surface area (Å²) < 4.78 is 15.5. The van der Waals surface area contributed by atoms with E-state index in [0.29, 0.717) is 24.4 Å². The molecule has 0 spiro atoms. The number of aromatic nitrogens is 1. The minimum absolute atomic E-state index is 0.0503. The third-order valence-electron chi connectivity index (χ3n) is 3.22. The highest BCUT2D eigenvalue weighted by molar-refractivity contribution is 5.70. The first-order valence-corrected chi connectivity index (χ1v) is 8.47. The smallest absolute Gasteiger partial charge is 0.407 e. The number of ether oxygens (including phenoxy) is 2. The average molecular weight is 360 g/mol. The van der Waals surface area contributed by atoms with Crippen molar-refractivity contribution in [2.75, 3.05) is 6.54 Å². The summed E-state index contributed by atoms with van der Waals surface area (Å²) >= 11 is 0. The first-order chi connectivity index (χ1) is 12.3. The van der Waals surface area contributed by atoms with Gasteiger partial charge in [-0.25, -0.2) is 4.79 Å². The summed E-state index contributed by atoms with van der Waals surface area (Å²) in [4.78, 5) is 23.2. The van der Waals surface area contributed by atoms with Crippen LogP contribution in [0.3, 0.4) is 0 Å². The van der Waals surface area contributed by atoms with Crippen LogP contribution < -0.4 is 5.32 Å². The van der Waals surface area contributed by atoms with Crippen molar-refractivity contribution in [3.8, 4) is 11.3 Å². The molecule has 1 aromatic heterocycles. The Bertz CT molecular complexity index is 719. The number of carbonyl (C=O) groups excluding carboxylic acids is 2. The second-order valence-electron chi connectivity index (χ2n) is 6.74. The molecule has 26 heavy (non-hydrogen) atoms. The Morgan fingerprint density at radius 1 is 1.19 bits per heavy atom. The Balaban J connectivity index is 1.65. The Labute approximate surface area is 152 Å². The van der Waals surface area contributed by atoms with E-state index in [1.54, 1.807) is 26.8 Å². The standard InChI is InChI=1S/C19H24N2O5/c1-19(2,3)25-18(23)20-11-7-10-17(22)24-13-15-12-16(26-21-15)14-8-5-4-6-9-14/h4-6,8-9,12H,7,10-11,13H2,1-3H3,(H,20,23). The van der Waals surface area contributed by atoms with Gasteiger partial charge in [0.1, 0.15) is 17.9 Å². The van der Waals surface area contributed by atoms with Crippen LogP contribution in [-0.2, 0) is 20.9 Å². The SMILES string of the molecule is CC(C)(C)OC(=O)NCCCC(=O)OCc1cc(-c2ccccc2)on1. The molecule has 0 atom stereocenters. The van der Waals surface area contributed by atoms with Gasteiger partial charge in [0.05, 0.1) is 0 Å². The molecule has 1 N–H and O–H groups in total. The predicted molar refractivity (Wildman–Crippen MR) is 95.2 cm³/mol. The number of nitrogens with zero attached hydrogens (tertiary/aromatic N) is 1. The fourth-order valence-corrected chi connectivity index (χ4v) is 2.08. The van der Waals surface area contributed by atoms with E-state index in [1.165, 1.54) is 0 Å². The van der Waals surface area contributed by atoms with Crippen molar-refractivity contribution >= 4 is 12.1 Å². The maximum Gasteiger partial charge on any atom is 0.407 e. The molecule has 0 saturated heterocycles. The van der Waals surface area contributed by atoms with E-state index in [9.17, 15) is 9.59 Å². The highest BCUT2D eigenvalue weighted by Crippen LogP contribution is 2.20. The van der Waals surface area contributed by atoms with Gasteiger partial charge in [-0.1, -0.05) is 35.5 Å². The lowest BCUT2D eigenvalue weighted by molar-refractivity contribution is -0.145. The number of alkyl carbamates (subject to hydrolysis) is 1. The minimum Gasteiger partial charge on any atom is -0.459 e. The fraction of sp³-hybridized carbons (Fsp3) is 0.421. The van der Waals surface area contributed by atoms with Gasteiger partial charge in [-0.15, -0.1) is 0 Å². The molecule has 0 unspecified atom stereocenters. The third kappa shape index (κ3) is 6.96. The maximum absolute atomic E-state index is 11.7. The predicted octanol–water partition coefficient (Wildman–Crippen LogP) is 3.69. The number of rotatable bonds is 7. The Morgan fingerprint density at radius 2 is 1.92 bits per heavy atom. The monoisotopic (exact) mass is 360 g/mol. The van der Waals surface area contributed by atoms with Gasteiger partial charge in [-0.3, -0.25) is 4.79 Å². The quantitative estimate of drug-likeness (QED) is 0.598. The first-order valence-electron chi connectivity index (χ1n) is 8.47. The topological polar surface area (TPSA) is 90.7 Å². The van der Waals surface area contributed by atoms with Gasteiger partial charge in [0.2, 0.25) is 0 Å². The van der Waals surface area contributed by atoms with Crippen molar-refractivity contribution < 1.29 is 23.6 Å². The molecule has 0 radical (unpaired) electrons. The van der Waals surface area contributed by atoms with Gasteiger partial charge in [-0.05, 0) is 27.2 Å². The van der Waals surface area contributed by atoms with E-state index >= 15 is 0 Å². The molecular formula is C19H24N2O5. The highest BCUT2D eigenvalue weighted by atomic mass is 16.6. The summed E-state index contributed by atoms with van der Waals surface area (Å²) in [5.41, 5.74) is 0.911. The molecule has 1 aromatic carbocycles. The van der Waals surface area contributed by atoms with Crippen molar-refractivity contribution in [1.29, 1.82) is 0 Å². The van der Waals surface area contributed by atoms with Crippen molar-refractivity contribution in [2.45, 2.75) is 45.8 Å². The molecule has 7 heteroatoms. The molecule has 2 rings (SSSR count). The molecule has 1 heterocycles. The van der Waals surface area contributed by atoms with Crippen molar-refractivity contribution in [2.24, 2.45) is 0 Å². The van der Waals surface area contributed by atoms with Crippen LogP contribution in [0.15, 0.2) is 40.9 Å². The summed E-state index contributed by atoms with van der Waals surface area (Å²) in [6.07, 6.45) is 0.160. The number of esters is 1. The normalized spacial score (nSPS) is 11.0. The number of hydrogen-bond acceptors (Lipinski definition) is 6. The van der Waals surface area contributed by atoms with Crippen LogP contribution in [0.2, 0.25) is 0 Å². The van der Waals surface area contributed by atoms with E-state index in [0.717, 1.165) is 5.56 Å². The molecule has 140 valence electrons. The molecular weight excluding hydrogens is 336 g/mol. The Hall–Kier alpha value is -2.83. The van der Waals surface area contributed by atoms with E-state index in [4.69, 9.17) is 14.0 Å². The Kier molecular flexibility index (Phi) is 6.77. The van der Waals surface area contributed by atoms with E-state index < -0.39 is 11.7 Å². The molecule has 0 bridgehead atoms. The maximum atomic E-state index is 11.7. The van der Waals surface area contributed by atoms with Crippen LogP contribution in [0, 0.1) is 0 Å². The van der Waals surface area contributed by atoms with Gasteiger partial charge >= 0.3 is 12.1 Å².